The second kappa shape index (κ2) is 3.56. The molecule has 0 saturated heterocycles. The van der Waals surface area contributed by atoms with Crippen molar-refractivity contribution in [3.63, 3.8) is 0 Å². The maximum atomic E-state index is 9.63. The minimum absolute atomic E-state index is 0.143. The van der Waals surface area contributed by atoms with Crippen molar-refractivity contribution in [1.29, 1.82) is 0 Å². The summed E-state index contributed by atoms with van der Waals surface area (Å²) in [4.78, 5) is 0. The average molecular weight is 182 g/mol. The van der Waals surface area contributed by atoms with Gasteiger partial charge in [0.2, 0.25) is 0 Å². The monoisotopic (exact) mass is 182 g/mol. The van der Waals surface area contributed by atoms with Gasteiger partial charge in [-0.2, -0.15) is 0 Å². The van der Waals surface area contributed by atoms with Crippen LogP contribution in [0, 0.1) is 13.8 Å². The van der Waals surface area contributed by atoms with Gasteiger partial charge in [0.05, 0.1) is 14.2 Å². The van der Waals surface area contributed by atoms with Crippen LogP contribution in [0.4, 0.5) is 0 Å². The number of ether oxygens (including phenoxy) is 2. The fourth-order valence-electron chi connectivity index (χ4n) is 1.39. The van der Waals surface area contributed by atoms with Crippen LogP contribution in [0.25, 0.3) is 0 Å². The number of hydrogen-bond acceptors (Lipinski definition) is 3. The molecule has 0 radical (unpaired) electrons. The number of aryl methyl sites for hydroxylation is 1. The van der Waals surface area contributed by atoms with Crippen LogP contribution in [0.5, 0.6) is 17.2 Å². The molecule has 1 rings (SSSR count). The van der Waals surface area contributed by atoms with Gasteiger partial charge in [-0.25, -0.2) is 0 Å². The lowest BCUT2D eigenvalue weighted by Crippen LogP contribution is -1.94. The van der Waals surface area contributed by atoms with E-state index in [0.29, 0.717) is 17.1 Å². The van der Waals surface area contributed by atoms with Gasteiger partial charge in [-0.3, -0.25) is 0 Å². The number of hydrogen-bond donors (Lipinski definition) is 1. The Balaban J connectivity index is 3.37. The first-order chi connectivity index (χ1) is 6.11. The van der Waals surface area contributed by atoms with Crippen LogP contribution < -0.4 is 9.47 Å². The maximum absolute atomic E-state index is 9.63. The molecule has 13 heavy (non-hydrogen) atoms. The van der Waals surface area contributed by atoms with Gasteiger partial charge in [0.15, 0.2) is 11.5 Å². The van der Waals surface area contributed by atoms with E-state index in [1.54, 1.807) is 20.1 Å². The third kappa shape index (κ3) is 1.54. The van der Waals surface area contributed by atoms with Crippen molar-refractivity contribution in [3.8, 4) is 17.2 Å². The van der Waals surface area contributed by atoms with Gasteiger partial charge in [-0.1, -0.05) is 0 Å². The largest absolute Gasteiger partial charge is 0.504 e. The first-order valence-corrected chi connectivity index (χ1v) is 4.03. The predicted molar refractivity (Wildman–Crippen MR) is 50.7 cm³/mol. The smallest absolute Gasteiger partial charge is 0.164 e. The topological polar surface area (TPSA) is 38.7 Å². The van der Waals surface area contributed by atoms with Crippen LogP contribution in [-0.4, -0.2) is 19.3 Å². The van der Waals surface area contributed by atoms with Gasteiger partial charge >= 0.3 is 0 Å². The molecule has 3 nitrogen and oxygen atoms in total. The number of rotatable bonds is 2. The molecule has 0 bridgehead atoms. The first kappa shape index (κ1) is 9.71. The molecule has 0 aliphatic heterocycles. The number of benzene rings is 1. The van der Waals surface area contributed by atoms with Gasteiger partial charge in [0, 0.05) is 5.56 Å². The Labute approximate surface area is 77.9 Å². The van der Waals surface area contributed by atoms with Crippen LogP contribution in [0.15, 0.2) is 6.07 Å². The summed E-state index contributed by atoms with van der Waals surface area (Å²) in [6.45, 7) is 3.71. The van der Waals surface area contributed by atoms with Crippen molar-refractivity contribution >= 4 is 0 Å². The van der Waals surface area contributed by atoms with Crippen molar-refractivity contribution in [1.82, 2.24) is 0 Å². The van der Waals surface area contributed by atoms with E-state index in [1.807, 2.05) is 6.92 Å². The fraction of sp³-hybridized carbons (Fsp3) is 0.400. The number of aromatic hydroxyl groups is 1. The summed E-state index contributed by atoms with van der Waals surface area (Å²) in [5.74, 6) is 1.33. The minimum Gasteiger partial charge on any atom is -0.504 e. The molecule has 1 N–H and O–H groups in total. The summed E-state index contributed by atoms with van der Waals surface area (Å²) in [6.07, 6.45) is 0. The Hall–Kier alpha value is -1.38. The maximum Gasteiger partial charge on any atom is 0.164 e. The van der Waals surface area contributed by atoms with Crippen LogP contribution in [-0.2, 0) is 0 Å². The lowest BCUT2D eigenvalue weighted by atomic mass is 10.1. The molecule has 0 unspecified atom stereocenters. The molecule has 1 aromatic rings. The van der Waals surface area contributed by atoms with Gasteiger partial charge in [-0.15, -0.1) is 0 Å². The zero-order valence-corrected chi connectivity index (χ0v) is 8.34. The predicted octanol–water partition coefficient (Wildman–Crippen LogP) is 2.03. The van der Waals surface area contributed by atoms with Gasteiger partial charge in [-0.05, 0) is 25.5 Å². The second-order valence-corrected chi connectivity index (χ2v) is 2.90. The fourth-order valence-corrected chi connectivity index (χ4v) is 1.39. The number of methoxy groups -OCH3 is 2. The molecule has 0 amide bonds. The summed E-state index contributed by atoms with van der Waals surface area (Å²) in [6, 6.07) is 1.75. The van der Waals surface area contributed by atoms with Crippen LogP contribution in [0.2, 0.25) is 0 Å². The van der Waals surface area contributed by atoms with Crippen molar-refractivity contribution < 1.29 is 14.6 Å². The molecule has 1 aromatic carbocycles. The molecule has 0 aliphatic carbocycles. The van der Waals surface area contributed by atoms with E-state index in [9.17, 15) is 5.11 Å². The van der Waals surface area contributed by atoms with Gasteiger partial charge in [0.1, 0.15) is 5.75 Å². The molecule has 0 aliphatic rings. The molecule has 0 spiro atoms. The molecule has 0 atom stereocenters. The van der Waals surface area contributed by atoms with E-state index in [4.69, 9.17) is 9.47 Å². The normalized spacial score (nSPS) is 9.85. The SMILES string of the molecule is COc1cc(C)c(OC)c(C)c1O. The summed E-state index contributed by atoms with van der Waals surface area (Å²) >= 11 is 0. The summed E-state index contributed by atoms with van der Waals surface area (Å²) < 4.78 is 10.1. The molecule has 0 aromatic heterocycles. The van der Waals surface area contributed by atoms with Gasteiger partial charge in [0.25, 0.3) is 0 Å². The van der Waals surface area contributed by atoms with E-state index in [-0.39, 0.29) is 5.75 Å². The Kier molecular flexibility index (Phi) is 2.66. The molecular weight excluding hydrogens is 168 g/mol. The standard InChI is InChI=1S/C10H14O3/c1-6-5-8(12-3)9(11)7(2)10(6)13-4/h5,11H,1-4H3. The quantitative estimate of drug-likeness (QED) is 0.760. The Morgan fingerprint density at radius 3 is 2.23 bits per heavy atom. The highest BCUT2D eigenvalue weighted by atomic mass is 16.5. The van der Waals surface area contributed by atoms with Crippen molar-refractivity contribution in [3.05, 3.63) is 17.2 Å². The zero-order chi connectivity index (χ0) is 10.0. The molecule has 3 heteroatoms. The van der Waals surface area contributed by atoms with Crippen molar-refractivity contribution in [2.75, 3.05) is 14.2 Å². The van der Waals surface area contributed by atoms with E-state index >= 15 is 0 Å². The van der Waals surface area contributed by atoms with E-state index in [2.05, 4.69) is 0 Å². The zero-order valence-electron chi connectivity index (χ0n) is 8.34. The summed E-state index contributed by atoms with van der Waals surface area (Å²) in [5, 5.41) is 9.63. The van der Waals surface area contributed by atoms with Crippen molar-refractivity contribution in [2.24, 2.45) is 0 Å². The lowest BCUT2D eigenvalue weighted by Gasteiger charge is -2.12. The Morgan fingerprint density at radius 1 is 1.15 bits per heavy atom. The third-order valence-corrected chi connectivity index (χ3v) is 2.06. The van der Waals surface area contributed by atoms with Crippen LogP contribution in [0.3, 0.4) is 0 Å². The summed E-state index contributed by atoms with van der Waals surface area (Å²) in [5.41, 5.74) is 1.66. The Morgan fingerprint density at radius 2 is 1.77 bits per heavy atom. The molecule has 0 heterocycles. The molecule has 0 fully saturated rings. The number of phenolic OH excluding ortho intramolecular Hbond substituents is 1. The first-order valence-electron chi connectivity index (χ1n) is 4.03. The number of phenols is 1. The highest BCUT2D eigenvalue weighted by Crippen LogP contribution is 2.38. The van der Waals surface area contributed by atoms with Crippen molar-refractivity contribution in [2.45, 2.75) is 13.8 Å². The molecule has 72 valence electrons. The lowest BCUT2D eigenvalue weighted by molar-refractivity contribution is 0.361. The highest BCUT2D eigenvalue weighted by molar-refractivity contribution is 5.56. The summed E-state index contributed by atoms with van der Waals surface area (Å²) in [7, 11) is 3.11. The van der Waals surface area contributed by atoms with Crippen LogP contribution >= 0.6 is 0 Å². The third-order valence-electron chi connectivity index (χ3n) is 2.06. The average Bonchev–Trinajstić information content (AvgIpc) is 2.12. The van der Waals surface area contributed by atoms with E-state index in [0.717, 1.165) is 5.56 Å². The van der Waals surface area contributed by atoms with Gasteiger partial charge < -0.3 is 14.6 Å². The van der Waals surface area contributed by atoms with E-state index in [1.165, 1.54) is 7.11 Å². The Bertz CT molecular complexity index is 318. The minimum atomic E-state index is 0.143. The molecule has 0 saturated carbocycles. The van der Waals surface area contributed by atoms with E-state index < -0.39 is 0 Å². The second-order valence-electron chi connectivity index (χ2n) is 2.90. The highest BCUT2D eigenvalue weighted by Gasteiger charge is 2.12. The molecular formula is C10H14O3. The van der Waals surface area contributed by atoms with Crippen LogP contribution in [0.1, 0.15) is 11.1 Å².